The molecule has 310 valence electrons. The van der Waals surface area contributed by atoms with E-state index in [0.29, 0.717) is 91.0 Å². The molecule has 0 spiro atoms. The Labute approximate surface area is 349 Å². The fraction of sp³-hybridized carbons (Fsp3) is 0.395. The molecule has 1 unspecified atom stereocenters. The number of anilines is 6. The summed E-state index contributed by atoms with van der Waals surface area (Å²) in [4.78, 5) is 65.1. The number of aromatic nitrogens is 2. The first-order valence-corrected chi connectivity index (χ1v) is 20.5. The van der Waals surface area contributed by atoms with Crippen molar-refractivity contribution in [3.8, 4) is 5.75 Å². The van der Waals surface area contributed by atoms with Gasteiger partial charge in [-0.15, -0.1) is 0 Å². The number of hydrogen-bond donors (Lipinski definition) is 5. The van der Waals surface area contributed by atoms with Gasteiger partial charge in [0, 0.05) is 57.1 Å². The highest BCUT2D eigenvalue weighted by Crippen LogP contribution is 2.37. The maximum absolute atomic E-state index is 13.5. The van der Waals surface area contributed by atoms with Crippen molar-refractivity contribution in [2.24, 2.45) is 0 Å². The Kier molecular flexibility index (Phi) is 13.1. The third-order valence-electron chi connectivity index (χ3n) is 11.3. The Morgan fingerprint density at radius 2 is 1.68 bits per heavy atom. The zero-order chi connectivity index (χ0) is 41.5. The maximum atomic E-state index is 13.5. The van der Waals surface area contributed by atoms with Crippen LogP contribution in [0, 0.1) is 0 Å². The van der Waals surface area contributed by atoms with Crippen LogP contribution in [0.4, 0.5) is 34.5 Å². The van der Waals surface area contributed by atoms with Crippen molar-refractivity contribution in [2.45, 2.75) is 51.0 Å². The molecule has 4 aromatic rings. The van der Waals surface area contributed by atoms with Gasteiger partial charge in [-0.2, -0.15) is 4.98 Å². The van der Waals surface area contributed by atoms with Crippen molar-refractivity contribution in [2.75, 3.05) is 80.8 Å². The molecule has 0 aliphatic carbocycles. The number of ether oxygens (including phenoxy) is 1. The first-order valence-electron chi connectivity index (χ1n) is 20.2. The van der Waals surface area contributed by atoms with Gasteiger partial charge in [0.15, 0.2) is 5.82 Å². The molecule has 3 aliphatic rings. The number of imide groups is 1. The summed E-state index contributed by atoms with van der Waals surface area (Å²) >= 11 is 6.48. The summed E-state index contributed by atoms with van der Waals surface area (Å²) in [6.45, 7) is 6.93. The molecular formula is C43H51ClN10O5. The topological polar surface area (TPSA) is 173 Å². The first-order chi connectivity index (χ1) is 28.6. The third-order valence-corrected chi connectivity index (χ3v) is 11.6. The van der Waals surface area contributed by atoms with Crippen molar-refractivity contribution < 1.29 is 23.9 Å². The number of nitrogens with zero attached hydrogens (tertiary/aromatic N) is 5. The van der Waals surface area contributed by atoms with Crippen LogP contribution >= 0.6 is 11.6 Å². The van der Waals surface area contributed by atoms with Gasteiger partial charge in [-0.1, -0.05) is 42.8 Å². The monoisotopic (exact) mass is 822 g/mol. The van der Waals surface area contributed by atoms with Gasteiger partial charge in [-0.3, -0.25) is 29.4 Å². The number of aryl methyl sites for hydroxylation is 1. The number of benzene rings is 3. The number of piperazine rings is 1. The highest BCUT2D eigenvalue weighted by Gasteiger charge is 2.29. The Morgan fingerprint density at radius 3 is 2.37 bits per heavy atom. The Morgan fingerprint density at radius 1 is 0.932 bits per heavy atom. The van der Waals surface area contributed by atoms with E-state index >= 15 is 0 Å². The molecule has 3 aliphatic heterocycles. The van der Waals surface area contributed by atoms with Gasteiger partial charge in [0.2, 0.25) is 23.7 Å². The number of halogens is 1. The number of likely N-dealkylation sites (tertiary alicyclic amines) is 1. The molecule has 3 saturated heterocycles. The Hall–Kier alpha value is -5.93. The van der Waals surface area contributed by atoms with E-state index in [1.54, 1.807) is 32.4 Å². The molecule has 4 amide bonds. The SMILES string of the molecule is CCc1cc(Nc2ncc(Cl)c(Nc3ccccc3C(=O)NC)n2)c(OC)cc1N1CCN(C(=O)CN2CCC(c3ccc(NC4CCC(=O)NC4=O)cc3)CC2)CC1. The number of amides is 4. The van der Waals surface area contributed by atoms with Crippen molar-refractivity contribution in [1.29, 1.82) is 0 Å². The van der Waals surface area contributed by atoms with E-state index in [4.69, 9.17) is 16.3 Å². The van der Waals surface area contributed by atoms with Crippen LogP contribution in [0.25, 0.3) is 0 Å². The van der Waals surface area contributed by atoms with E-state index in [0.717, 1.165) is 49.3 Å². The molecule has 3 fully saturated rings. The summed E-state index contributed by atoms with van der Waals surface area (Å²) in [5.74, 6) is 1.10. The number of hydrogen-bond acceptors (Lipinski definition) is 12. The van der Waals surface area contributed by atoms with Crippen LogP contribution in [0.5, 0.6) is 5.75 Å². The molecule has 1 aromatic heterocycles. The maximum Gasteiger partial charge on any atom is 0.253 e. The molecule has 3 aromatic carbocycles. The lowest BCUT2D eigenvalue weighted by molar-refractivity contribution is -0.134. The zero-order valence-corrected chi connectivity index (χ0v) is 34.4. The van der Waals surface area contributed by atoms with E-state index in [-0.39, 0.29) is 23.6 Å². The lowest BCUT2D eigenvalue weighted by Crippen LogP contribution is -2.52. The van der Waals surface area contributed by atoms with E-state index in [1.807, 2.05) is 35.2 Å². The van der Waals surface area contributed by atoms with Crippen LogP contribution in [-0.2, 0) is 20.8 Å². The molecule has 0 saturated carbocycles. The second kappa shape index (κ2) is 18.8. The van der Waals surface area contributed by atoms with Crippen LogP contribution < -0.4 is 36.2 Å². The normalized spacial score (nSPS) is 17.6. The van der Waals surface area contributed by atoms with Gasteiger partial charge < -0.3 is 35.8 Å². The first kappa shape index (κ1) is 41.2. The molecule has 0 bridgehead atoms. The van der Waals surface area contributed by atoms with Crippen molar-refractivity contribution >= 4 is 69.7 Å². The number of carbonyl (C=O) groups excluding carboxylic acids is 4. The molecular weight excluding hydrogens is 772 g/mol. The summed E-state index contributed by atoms with van der Waals surface area (Å²) < 4.78 is 5.85. The number of methoxy groups -OCH3 is 1. The number of carbonyl (C=O) groups is 4. The van der Waals surface area contributed by atoms with Gasteiger partial charge >= 0.3 is 0 Å². The zero-order valence-electron chi connectivity index (χ0n) is 33.6. The second-order valence-corrected chi connectivity index (χ2v) is 15.4. The molecule has 4 heterocycles. The fourth-order valence-corrected chi connectivity index (χ4v) is 8.08. The lowest BCUT2D eigenvalue weighted by atomic mass is 9.89. The average Bonchev–Trinajstić information content (AvgIpc) is 3.26. The standard InChI is InChI=1S/C43H51ClN10O5/c1-4-27-23-35(49-43-46-25-32(44)40(51-43)48-33-8-6-5-7-31(33)41(57)45-2)37(59-3)24-36(27)53-19-21-54(22-20-53)39(56)26-52-17-15-29(16-18-52)28-9-11-30(12-10-28)47-34-13-14-38(55)50-42(34)58/h5-12,23-25,29,34,47H,4,13-22,26H2,1-3H3,(H,45,57)(H,50,55,58)(H2,46,48,49,51). The number of para-hydroxylation sites is 1. The summed E-state index contributed by atoms with van der Waals surface area (Å²) in [5, 5.41) is 15.0. The predicted molar refractivity (Wildman–Crippen MR) is 229 cm³/mol. The van der Waals surface area contributed by atoms with Crippen LogP contribution in [0.15, 0.2) is 66.9 Å². The van der Waals surface area contributed by atoms with E-state index < -0.39 is 6.04 Å². The molecule has 5 N–H and O–H groups in total. The van der Waals surface area contributed by atoms with Gasteiger partial charge in [-0.05, 0) is 86.1 Å². The van der Waals surface area contributed by atoms with Gasteiger partial charge in [0.05, 0.1) is 36.8 Å². The summed E-state index contributed by atoms with van der Waals surface area (Å²) in [6, 6.07) is 19.0. The quantitative estimate of drug-likeness (QED) is 0.111. The second-order valence-electron chi connectivity index (χ2n) is 15.0. The predicted octanol–water partition coefficient (Wildman–Crippen LogP) is 5.29. The minimum Gasteiger partial charge on any atom is -0.494 e. The Balaban J connectivity index is 0.912. The number of piperidine rings is 2. The summed E-state index contributed by atoms with van der Waals surface area (Å²) in [5.41, 5.74) is 6.01. The largest absolute Gasteiger partial charge is 0.494 e. The van der Waals surface area contributed by atoms with Gasteiger partial charge in [0.25, 0.3) is 5.91 Å². The third kappa shape index (κ3) is 9.86. The molecule has 16 heteroatoms. The number of nitrogens with one attached hydrogen (secondary N) is 5. The summed E-state index contributed by atoms with van der Waals surface area (Å²) in [7, 11) is 3.20. The van der Waals surface area contributed by atoms with E-state index in [1.165, 1.54) is 11.8 Å². The van der Waals surface area contributed by atoms with Crippen molar-refractivity contribution in [3.63, 3.8) is 0 Å². The minimum absolute atomic E-state index is 0.161. The van der Waals surface area contributed by atoms with Gasteiger partial charge in [0.1, 0.15) is 16.8 Å². The van der Waals surface area contributed by atoms with Crippen LogP contribution in [0.3, 0.4) is 0 Å². The minimum atomic E-state index is -0.403. The average molecular weight is 823 g/mol. The van der Waals surface area contributed by atoms with Crippen molar-refractivity contribution in [3.05, 3.63) is 88.6 Å². The lowest BCUT2D eigenvalue weighted by Gasteiger charge is -2.39. The van der Waals surface area contributed by atoms with Crippen molar-refractivity contribution in [1.82, 2.24) is 30.4 Å². The molecule has 1 atom stereocenters. The Bertz CT molecular complexity index is 2170. The molecule has 15 nitrogen and oxygen atoms in total. The van der Waals surface area contributed by atoms with Crippen LogP contribution in [0.1, 0.15) is 60.0 Å². The van der Waals surface area contributed by atoms with Crippen LogP contribution in [-0.4, -0.2) is 109 Å². The fourth-order valence-electron chi connectivity index (χ4n) is 7.94. The molecule has 7 rings (SSSR count). The highest BCUT2D eigenvalue weighted by atomic mass is 35.5. The van der Waals surface area contributed by atoms with E-state index in [9.17, 15) is 19.2 Å². The smallest absolute Gasteiger partial charge is 0.253 e. The summed E-state index contributed by atoms with van der Waals surface area (Å²) in [6.07, 6.45) is 5.06. The highest BCUT2D eigenvalue weighted by molar-refractivity contribution is 6.33. The number of rotatable bonds is 13. The van der Waals surface area contributed by atoms with E-state index in [2.05, 4.69) is 65.4 Å². The van der Waals surface area contributed by atoms with Crippen LogP contribution in [0.2, 0.25) is 5.02 Å². The molecule has 59 heavy (non-hydrogen) atoms. The molecule has 0 radical (unpaired) electrons. The van der Waals surface area contributed by atoms with Gasteiger partial charge in [-0.25, -0.2) is 4.98 Å².